The highest BCUT2D eigenvalue weighted by Crippen LogP contribution is 2.48. The van der Waals surface area contributed by atoms with E-state index in [1.807, 2.05) is 0 Å². The predicted molar refractivity (Wildman–Crippen MR) is 66.7 cm³/mol. The largest absolute Gasteiger partial charge is 0.349 e. The lowest BCUT2D eigenvalue weighted by atomic mass is 10.1. The SMILES string of the molecule is CCC12SCC(=S)N1CCSC2C. The minimum atomic E-state index is 0.333. The summed E-state index contributed by atoms with van der Waals surface area (Å²) < 4.78 is 0. The van der Waals surface area contributed by atoms with Crippen LogP contribution < -0.4 is 0 Å². The van der Waals surface area contributed by atoms with Crippen molar-refractivity contribution in [3.05, 3.63) is 0 Å². The summed E-state index contributed by atoms with van der Waals surface area (Å²) in [6.45, 7) is 5.80. The van der Waals surface area contributed by atoms with Gasteiger partial charge in [-0.1, -0.05) is 26.1 Å². The molecule has 2 heterocycles. The lowest BCUT2D eigenvalue weighted by Crippen LogP contribution is -2.53. The smallest absolute Gasteiger partial charge is 0.0982 e. The van der Waals surface area contributed by atoms with Crippen molar-refractivity contribution >= 4 is 40.7 Å². The molecule has 2 rings (SSSR count). The second-order valence-electron chi connectivity index (χ2n) is 3.55. The summed E-state index contributed by atoms with van der Waals surface area (Å²) in [7, 11) is 0. The van der Waals surface area contributed by atoms with Crippen LogP contribution in [0.2, 0.25) is 0 Å². The Hall–Kier alpha value is 0.590. The van der Waals surface area contributed by atoms with Gasteiger partial charge in [0.1, 0.15) is 0 Å². The number of hydrogen-bond acceptors (Lipinski definition) is 3. The highest BCUT2D eigenvalue weighted by atomic mass is 32.2. The van der Waals surface area contributed by atoms with E-state index in [1.54, 1.807) is 0 Å². The first kappa shape index (κ1) is 10.1. The van der Waals surface area contributed by atoms with E-state index in [1.165, 1.54) is 17.2 Å². The number of rotatable bonds is 1. The van der Waals surface area contributed by atoms with E-state index in [-0.39, 0.29) is 0 Å². The van der Waals surface area contributed by atoms with Crippen molar-refractivity contribution in [1.29, 1.82) is 0 Å². The average molecular weight is 233 g/mol. The van der Waals surface area contributed by atoms with Crippen LogP contribution in [0.5, 0.6) is 0 Å². The van der Waals surface area contributed by atoms with Crippen LogP contribution >= 0.6 is 35.7 Å². The second kappa shape index (κ2) is 3.63. The Bertz CT molecular complexity index is 231. The van der Waals surface area contributed by atoms with Crippen molar-refractivity contribution in [2.45, 2.75) is 30.4 Å². The Morgan fingerprint density at radius 3 is 3.08 bits per heavy atom. The van der Waals surface area contributed by atoms with Crippen LogP contribution in [-0.4, -0.2) is 38.1 Å². The van der Waals surface area contributed by atoms with Gasteiger partial charge in [0.25, 0.3) is 0 Å². The molecule has 2 aliphatic rings. The molecule has 2 aliphatic heterocycles. The maximum Gasteiger partial charge on any atom is 0.0982 e. The van der Waals surface area contributed by atoms with Crippen molar-refractivity contribution in [3.8, 4) is 0 Å². The van der Waals surface area contributed by atoms with Crippen molar-refractivity contribution in [3.63, 3.8) is 0 Å². The molecule has 1 nitrogen and oxygen atoms in total. The van der Waals surface area contributed by atoms with Gasteiger partial charge < -0.3 is 4.90 Å². The Labute approximate surface area is 94.0 Å². The zero-order chi connectivity index (χ0) is 9.47. The van der Waals surface area contributed by atoms with E-state index in [0.29, 0.717) is 4.87 Å². The lowest BCUT2D eigenvalue weighted by Gasteiger charge is -2.46. The van der Waals surface area contributed by atoms with Gasteiger partial charge >= 0.3 is 0 Å². The summed E-state index contributed by atoms with van der Waals surface area (Å²) in [5.74, 6) is 2.30. The van der Waals surface area contributed by atoms with Gasteiger partial charge in [0.2, 0.25) is 0 Å². The Balaban J connectivity index is 2.29. The molecule has 2 fully saturated rings. The highest BCUT2D eigenvalue weighted by Gasteiger charge is 2.48. The molecule has 4 heteroatoms. The van der Waals surface area contributed by atoms with E-state index in [0.717, 1.165) is 17.5 Å². The molecular formula is C9H15NS3. The van der Waals surface area contributed by atoms with Crippen LogP contribution in [0.1, 0.15) is 20.3 Å². The van der Waals surface area contributed by atoms with Crippen molar-refractivity contribution < 1.29 is 0 Å². The molecule has 0 radical (unpaired) electrons. The number of hydrogen-bond donors (Lipinski definition) is 0. The van der Waals surface area contributed by atoms with Gasteiger partial charge in [0.05, 0.1) is 9.86 Å². The molecule has 0 saturated carbocycles. The zero-order valence-corrected chi connectivity index (χ0v) is 10.5. The lowest BCUT2D eigenvalue weighted by molar-refractivity contribution is 0.281. The predicted octanol–water partition coefficient (Wildman–Crippen LogP) is 2.60. The van der Waals surface area contributed by atoms with Crippen molar-refractivity contribution in [2.24, 2.45) is 0 Å². The molecular weight excluding hydrogens is 218 g/mol. The molecule has 13 heavy (non-hydrogen) atoms. The summed E-state index contributed by atoms with van der Waals surface area (Å²) in [6, 6.07) is 0. The highest BCUT2D eigenvalue weighted by molar-refractivity contribution is 8.06. The van der Waals surface area contributed by atoms with Gasteiger partial charge in [-0.05, 0) is 6.42 Å². The van der Waals surface area contributed by atoms with Gasteiger partial charge in [-0.15, -0.1) is 11.8 Å². The quantitative estimate of drug-likeness (QED) is 0.640. The number of thiocarbonyl (C=S) groups is 1. The van der Waals surface area contributed by atoms with E-state index in [2.05, 4.69) is 42.3 Å². The third kappa shape index (κ3) is 1.41. The third-order valence-corrected chi connectivity index (χ3v) is 6.81. The molecule has 2 saturated heterocycles. The van der Waals surface area contributed by atoms with E-state index < -0.39 is 0 Å². The van der Waals surface area contributed by atoms with E-state index >= 15 is 0 Å². The topological polar surface area (TPSA) is 3.24 Å². The van der Waals surface area contributed by atoms with Crippen LogP contribution in [0, 0.1) is 0 Å². The average Bonchev–Trinajstić information content (AvgIpc) is 2.47. The summed E-state index contributed by atoms with van der Waals surface area (Å²) >= 11 is 9.56. The van der Waals surface area contributed by atoms with Crippen LogP contribution in [-0.2, 0) is 0 Å². The van der Waals surface area contributed by atoms with Crippen LogP contribution in [0.15, 0.2) is 0 Å². The molecule has 0 N–H and O–H groups in total. The van der Waals surface area contributed by atoms with Crippen LogP contribution in [0.4, 0.5) is 0 Å². The fourth-order valence-electron chi connectivity index (χ4n) is 2.24. The normalized spacial score (nSPS) is 39.4. The maximum atomic E-state index is 5.40. The Morgan fingerprint density at radius 1 is 1.69 bits per heavy atom. The zero-order valence-electron chi connectivity index (χ0n) is 8.08. The molecule has 0 aromatic rings. The molecule has 2 unspecified atom stereocenters. The van der Waals surface area contributed by atoms with Gasteiger partial charge in [-0.25, -0.2) is 0 Å². The monoisotopic (exact) mass is 233 g/mol. The standard InChI is InChI=1S/C9H15NS3/c1-3-9-7(2)12-5-4-10(9)8(11)6-13-9/h7H,3-6H2,1-2H3. The summed E-state index contributed by atoms with van der Waals surface area (Å²) in [5, 5.41) is 0.719. The number of nitrogens with zero attached hydrogens (tertiary/aromatic N) is 1. The Morgan fingerprint density at radius 2 is 2.46 bits per heavy atom. The second-order valence-corrected chi connectivity index (χ2v) is 6.75. The molecule has 0 spiro atoms. The molecule has 0 aromatic heterocycles. The van der Waals surface area contributed by atoms with Crippen molar-refractivity contribution in [2.75, 3.05) is 18.1 Å². The fraction of sp³-hybridized carbons (Fsp3) is 0.889. The fourth-order valence-corrected chi connectivity index (χ4v) is 5.65. The van der Waals surface area contributed by atoms with Gasteiger partial charge in [0.15, 0.2) is 0 Å². The molecule has 2 atom stereocenters. The van der Waals surface area contributed by atoms with Crippen LogP contribution in [0.25, 0.3) is 0 Å². The van der Waals surface area contributed by atoms with E-state index in [9.17, 15) is 0 Å². The third-order valence-electron chi connectivity index (χ3n) is 3.03. The summed E-state index contributed by atoms with van der Waals surface area (Å²) in [6.07, 6.45) is 1.21. The molecule has 0 aliphatic carbocycles. The number of fused-ring (bicyclic) bond motifs is 1. The molecule has 0 aromatic carbocycles. The summed E-state index contributed by atoms with van der Waals surface area (Å²) in [4.78, 5) is 3.99. The van der Waals surface area contributed by atoms with Crippen molar-refractivity contribution in [1.82, 2.24) is 4.90 Å². The Kier molecular flexibility index (Phi) is 2.82. The molecule has 74 valence electrons. The summed E-state index contributed by atoms with van der Waals surface area (Å²) in [5.41, 5.74) is 0. The number of thioether (sulfide) groups is 2. The molecule has 0 bridgehead atoms. The van der Waals surface area contributed by atoms with Gasteiger partial charge in [0, 0.05) is 23.3 Å². The molecule has 0 amide bonds. The van der Waals surface area contributed by atoms with Gasteiger partial charge in [-0.3, -0.25) is 0 Å². The minimum Gasteiger partial charge on any atom is -0.349 e. The minimum absolute atomic E-state index is 0.333. The first-order valence-corrected chi connectivity index (χ1v) is 7.21. The van der Waals surface area contributed by atoms with Gasteiger partial charge in [-0.2, -0.15) is 11.8 Å². The van der Waals surface area contributed by atoms with E-state index in [4.69, 9.17) is 12.2 Å². The first-order valence-electron chi connectivity index (χ1n) is 4.76. The van der Waals surface area contributed by atoms with Crippen LogP contribution in [0.3, 0.4) is 0 Å². The maximum absolute atomic E-state index is 5.40. The first-order chi connectivity index (χ1) is 6.20.